The summed E-state index contributed by atoms with van der Waals surface area (Å²) in [7, 11) is -0.882. The van der Waals surface area contributed by atoms with E-state index < -0.39 is 69.3 Å². The molecule has 0 bridgehead atoms. The lowest BCUT2D eigenvalue weighted by molar-refractivity contribution is -0.360. The molecule has 4 rings (SSSR count). The van der Waals surface area contributed by atoms with Crippen LogP contribution in [0.2, 0.25) is 16.6 Å². The van der Waals surface area contributed by atoms with Crippen molar-refractivity contribution in [3.63, 3.8) is 0 Å². The minimum absolute atomic E-state index is 0.150. The van der Waals surface area contributed by atoms with E-state index in [1.165, 1.54) is 7.11 Å². The van der Waals surface area contributed by atoms with E-state index >= 15 is 0 Å². The van der Waals surface area contributed by atoms with E-state index in [0.29, 0.717) is 23.0 Å². The quantitative estimate of drug-likeness (QED) is 0.216. The first-order valence-corrected chi connectivity index (χ1v) is 17.4. The van der Waals surface area contributed by atoms with Gasteiger partial charge in [-0.05, 0) is 30.0 Å². The van der Waals surface area contributed by atoms with E-state index in [-0.39, 0.29) is 13.0 Å². The van der Waals surface area contributed by atoms with Crippen molar-refractivity contribution in [1.29, 1.82) is 0 Å². The number of rotatable bonds is 7. The Kier molecular flexibility index (Phi) is 11.0. The van der Waals surface area contributed by atoms with Gasteiger partial charge >= 0.3 is 11.9 Å². The summed E-state index contributed by atoms with van der Waals surface area (Å²) in [6, 6.07) is 9.52. The lowest BCUT2D eigenvalue weighted by Crippen LogP contribution is -2.64. The van der Waals surface area contributed by atoms with Gasteiger partial charge in [0.2, 0.25) is 8.32 Å². The average Bonchev–Trinajstić information content (AvgIpc) is 2.96. The molecule has 2 fully saturated rings. The van der Waals surface area contributed by atoms with Crippen LogP contribution >= 0.6 is 0 Å². The minimum Gasteiger partial charge on any atom is -0.455 e. The average molecular weight is 605 g/mol. The number of esters is 2. The van der Waals surface area contributed by atoms with Crippen LogP contribution in [0.25, 0.3) is 0 Å². The summed E-state index contributed by atoms with van der Waals surface area (Å²) >= 11 is 0. The van der Waals surface area contributed by atoms with Crippen LogP contribution in [-0.4, -0.2) is 70.8 Å². The molecule has 10 heteroatoms. The molecule has 0 saturated carbocycles. The third-order valence-corrected chi connectivity index (χ3v) is 15.0. The lowest BCUT2D eigenvalue weighted by atomic mass is 9.96. The number of fused-ring (bicyclic) bond motifs is 3. The molecular weight excluding hydrogens is 556 g/mol. The number of ether oxygens (including phenoxy) is 6. The Balaban J connectivity index is 1.68. The summed E-state index contributed by atoms with van der Waals surface area (Å²) in [5, 5.41) is 0. The van der Waals surface area contributed by atoms with Crippen molar-refractivity contribution in [2.24, 2.45) is 5.92 Å². The van der Waals surface area contributed by atoms with Crippen molar-refractivity contribution in [2.45, 2.75) is 121 Å². The number of allylic oxidation sites excluding steroid dienone is 1. The topological polar surface area (TPSA) is 98.8 Å². The van der Waals surface area contributed by atoms with Gasteiger partial charge in [-0.15, -0.1) is 0 Å². The highest BCUT2D eigenvalue weighted by molar-refractivity contribution is 6.77. The van der Waals surface area contributed by atoms with Gasteiger partial charge in [0.1, 0.15) is 12.2 Å². The normalized spacial score (nSPS) is 32.9. The van der Waals surface area contributed by atoms with Gasteiger partial charge in [-0.2, -0.15) is 0 Å². The smallest absolute Gasteiger partial charge is 0.312 e. The van der Waals surface area contributed by atoms with Crippen molar-refractivity contribution in [3.05, 3.63) is 48.0 Å². The molecule has 8 atom stereocenters. The van der Waals surface area contributed by atoms with Crippen molar-refractivity contribution < 1.29 is 42.4 Å². The van der Waals surface area contributed by atoms with E-state index in [0.717, 1.165) is 5.56 Å². The Morgan fingerprint density at radius 1 is 0.881 bits per heavy atom. The predicted molar refractivity (Wildman–Crippen MR) is 159 cm³/mol. The third-order valence-electron chi connectivity index (χ3n) is 8.86. The molecular formula is C32H48O9Si. The first kappa shape index (κ1) is 32.8. The molecule has 0 spiro atoms. The van der Waals surface area contributed by atoms with Crippen LogP contribution in [0.3, 0.4) is 0 Å². The Bertz CT molecular complexity index is 1050. The Morgan fingerprint density at radius 2 is 1.55 bits per heavy atom. The maximum absolute atomic E-state index is 14.0. The van der Waals surface area contributed by atoms with Gasteiger partial charge in [-0.25, -0.2) is 0 Å². The number of benzene rings is 1. The summed E-state index contributed by atoms with van der Waals surface area (Å²) in [4.78, 5) is 27.0. The molecule has 1 unspecified atom stereocenters. The second kappa shape index (κ2) is 14.1. The zero-order valence-electron chi connectivity index (χ0n) is 26.2. The number of carbonyl (C=O) groups excluding carboxylic acids is 2. The van der Waals surface area contributed by atoms with Crippen LogP contribution in [0, 0.1) is 5.92 Å². The largest absolute Gasteiger partial charge is 0.455 e. The first-order valence-electron chi connectivity index (χ1n) is 15.2. The van der Waals surface area contributed by atoms with Crippen molar-refractivity contribution >= 4 is 20.3 Å². The van der Waals surface area contributed by atoms with Crippen LogP contribution in [0.5, 0.6) is 0 Å². The second-order valence-electron chi connectivity index (χ2n) is 12.5. The molecule has 0 aromatic heterocycles. The Labute approximate surface area is 251 Å². The molecule has 3 aliphatic heterocycles. The summed E-state index contributed by atoms with van der Waals surface area (Å²) in [6.45, 7) is 15.3. The van der Waals surface area contributed by atoms with Crippen LogP contribution in [-0.2, 0) is 42.4 Å². The maximum Gasteiger partial charge on any atom is 0.312 e. The molecule has 0 N–H and O–H groups in total. The molecule has 9 nitrogen and oxygen atoms in total. The third kappa shape index (κ3) is 6.84. The SMILES string of the molecule is CO[C@H]1O[C@@H]2COC(c3ccccc3)O[C@H]2[C@@H]2OC(=O)[C@@H](C)[C@H](O[Si](C(C)C)(C(C)C)C(C)C)C=CCCC(=O)O[C@@H]12. The zero-order chi connectivity index (χ0) is 30.6. The minimum atomic E-state index is -2.35. The van der Waals surface area contributed by atoms with Crippen molar-refractivity contribution in [3.8, 4) is 0 Å². The van der Waals surface area contributed by atoms with Gasteiger partial charge in [0.15, 0.2) is 24.8 Å². The molecule has 3 aliphatic rings. The Morgan fingerprint density at radius 3 is 2.17 bits per heavy atom. The predicted octanol–water partition coefficient (Wildman–Crippen LogP) is 5.84. The molecule has 2 saturated heterocycles. The molecule has 1 aromatic carbocycles. The van der Waals surface area contributed by atoms with Gasteiger partial charge in [0.05, 0.1) is 18.6 Å². The fourth-order valence-electron chi connectivity index (χ4n) is 6.75. The summed E-state index contributed by atoms with van der Waals surface area (Å²) < 4.78 is 43.2. The van der Waals surface area contributed by atoms with Crippen LogP contribution in [0.15, 0.2) is 42.5 Å². The maximum atomic E-state index is 14.0. The number of hydrogen-bond donors (Lipinski definition) is 0. The molecule has 0 amide bonds. The molecule has 234 valence electrons. The second-order valence-corrected chi connectivity index (χ2v) is 17.9. The van der Waals surface area contributed by atoms with E-state index in [9.17, 15) is 9.59 Å². The van der Waals surface area contributed by atoms with Crippen molar-refractivity contribution in [1.82, 2.24) is 0 Å². The molecule has 0 aliphatic carbocycles. The molecule has 1 aromatic rings. The van der Waals surface area contributed by atoms with Crippen LogP contribution < -0.4 is 0 Å². The van der Waals surface area contributed by atoms with E-state index in [4.69, 9.17) is 32.8 Å². The molecule has 42 heavy (non-hydrogen) atoms. The molecule has 3 heterocycles. The number of hydrogen-bond acceptors (Lipinski definition) is 9. The highest BCUT2D eigenvalue weighted by atomic mass is 28.4. The summed E-state index contributed by atoms with van der Waals surface area (Å²) in [5.41, 5.74) is 1.82. The zero-order valence-corrected chi connectivity index (χ0v) is 27.2. The van der Waals surface area contributed by atoms with Crippen LogP contribution in [0.1, 0.15) is 73.2 Å². The highest BCUT2D eigenvalue weighted by Gasteiger charge is 2.55. The van der Waals surface area contributed by atoms with Gasteiger partial charge < -0.3 is 32.8 Å². The fraction of sp³-hybridized carbons (Fsp3) is 0.688. The highest BCUT2D eigenvalue weighted by Crippen LogP contribution is 2.44. The molecule has 0 radical (unpaired) electrons. The fourth-order valence-corrected chi connectivity index (χ4v) is 12.3. The van der Waals surface area contributed by atoms with Crippen LogP contribution in [0.4, 0.5) is 0 Å². The van der Waals surface area contributed by atoms with Gasteiger partial charge in [-0.1, -0.05) is 84.0 Å². The summed E-state index contributed by atoms with van der Waals surface area (Å²) in [5.74, 6) is -1.52. The Hall–Kier alpha value is -2.08. The van der Waals surface area contributed by atoms with Gasteiger partial charge in [0, 0.05) is 19.1 Å². The standard InChI is InChI=1S/C32H48O9Si/c1-19(2)42(20(3)4,21(5)6)41-24-16-12-13-17-26(33)38-29-28(39-30(34)22(24)7)27-25(37-32(29)35-8)18-36-31(40-27)23-14-10-9-11-15-23/h9-12,14-16,19-22,24-25,27-29,31-32H,13,17-18H2,1-8H3/t22-,24+,25+,27+,28-,29+,31?,32-/m0/s1. The van der Waals surface area contributed by atoms with E-state index in [1.807, 2.05) is 49.4 Å². The van der Waals surface area contributed by atoms with Crippen molar-refractivity contribution in [2.75, 3.05) is 13.7 Å². The monoisotopic (exact) mass is 604 g/mol. The lowest BCUT2D eigenvalue weighted by Gasteiger charge is -2.48. The summed E-state index contributed by atoms with van der Waals surface area (Å²) in [6.07, 6.45) is -1.09. The number of methoxy groups -OCH3 is 1. The number of carbonyl (C=O) groups is 2. The van der Waals surface area contributed by atoms with Gasteiger partial charge in [-0.3, -0.25) is 9.59 Å². The van der Waals surface area contributed by atoms with E-state index in [1.54, 1.807) is 0 Å². The first-order chi connectivity index (χ1) is 20.0. The van der Waals surface area contributed by atoms with Gasteiger partial charge in [0.25, 0.3) is 0 Å². The van der Waals surface area contributed by atoms with E-state index in [2.05, 4.69) is 41.5 Å².